The van der Waals surface area contributed by atoms with Gasteiger partial charge in [0.15, 0.2) is 5.13 Å². The molecular weight excluding hydrogens is 300 g/mol. The van der Waals surface area contributed by atoms with Crippen LogP contribution in [0.2, 0.25) is 0 Å². The smallest absolute Gasteiger partial charge is 0.308 e. The lowest BCUT2D eigenvalue weighted by Gasteiger charge is -2.16. The summed E-state index contributed by atoms with van der Waals surface area (Å²) in [6, 6.07) is 7.53. The molecule has 1 aromatic carbocycles. The Morgan fingerprint density at radius 2 is 1.91 bits per heavy atom. The Morgan fingerprint density at radius 1 is 1.27 bits per heavy atom. The Labute approximate surface area is 134 Å². The molecule has 0 spiro atoms. The van der Waals surface area contributed by atoms with Crippen LogP contribution in [0.15, 0.2) is 24.3 Å². The van der Waals surface area contributed by atoms with Crippen molar-refractivity contribution in [3.63, 3.8) is 0 Å². The van der Waals surface area contributed by atoms with Crippen LogP contribution >= 0.6 is 11.3 Å². The summed E-state index contributed by atoms with van der Waals surface area (Å²) in [6.45, 7) is 5.82. The van der Waals surface area contributed by atoms with Gasteiger partial charge in [-0.1, -0.05) is 0 Å². The maximum Gasteiger partial charge on any atom is 0.308 e. The number of hydrogen-bond acceptors (Lipinski definition) is 5. The van der Waals surface area contributed by atoms with Crippen molar-refractivity contribution < 1.29 is 14.6 Å². The first-order valence-corrected chi connectivity index (χ1v) is 8.01. The normalized spacial score (nSPS) is 10.5. The van der Waals surface area contributed by atoms with Gasteiger partial charge in [0, 0.05) is 23.5 Å². The summed E-state index contributed by atoms with van der Waals surface area (Å²) in [5, 5.41) is 10.00. The quantitative estimate of drug-likeness (QED) is 0.848. The highest BCUT2D eigenvalue weighted by molar-refractivity contribution is 7.16. The summed E-state index contributed by atoms with van der Waals surface area (Å²) >= 11 is 1.45. The molecule has 0 aliphatic rings. The van der Waals surface area contributed by atoms with Crippen LogP contribution in [0.3, 0.4) is 0 Å². The monoisotopic (exact) mass is 320 g/mol. The highest BCUT2D eigenvalue weighted by atomic mass is 32.1. The van der Waals surface area contributed by atoms with Gasteiger partial charge in [0.2, 0.25) is 0 Å². The fourth-order valence-corrected chi connectivity index (χ4v) is 3.40. The standard InChI is InChI=1S/C16H20N2O3S/c1-4-18(5-2)16-17-15(13(22-16)10-14(19)20)11-6-8-12(21-3)9-7-11/h6-9H,4-5,10H2,1-3H3,(H,19,20). The Bertz CT molecular complexity index is 633. The van der Waals surface area contributed by atoms with E-state index >= 15 is 0 Å². The van der Waals surface area contributed by atoms with E-state index in [4.69, 9.17) is 9.84 Å². The van der Waals surface area contributed by atoms with Gasteiger partial charge in [0.1, 0.15) is 5.75 Å². The molecule has 0 aliphatic heterocycles. The van der Waals surface area contributed by atoms with E-state index in [1.54, 1.807) is 7.11 Å². The van der Waals surface area contributed by atoms with Crippen LogP contribution in [0.5, 0.6) is 5.75 Å². The zero-order valence-electron chi connectivity index (χ0n) is 13.0. The molecular formula is C16H20N2O3S. The lowest BCUT2D eigenvalue weighted by Crippen LogP contribution is -2.21. The van der Waals surface area contributed by atoms with Crippen molar-refractivity contribution in [2.75, 3.05) is 25.1 Å². The first-order valence-electron chi connectivity index (χ1n) is 7.19. The van der Waals surface area contributed by atoms with Crippen LogP contribution in [0.1, 0.15) is 18.7 Å². The number of benzene rings is 1. The third-order valence-corrected chi connectivity index (χ3v) is 4.51. The second-order valence-corrected chi connectivity index (χ2v) is 5.80. The highest BCUT2D eigenvalue weighted by Crippen LogP contribution is 2.34. The van der Waals surface area contributed by atoms with Crippen LogP contribution in [-0.4, -0.2) is 36.3 Å². The predicted octanol–water partition coefficient (Wildman–Crippen LogP) is 3.29. The van der Waals surface area contributed by atoms with Crippen molar-refractivity contribution in [1.82, 2.24) is 4.98 Å². The van der Waals surface area contributed by atoms with Gasteiger partial charge in [-0.05, 0) is 38.1 Å². The second kappa shape index (κ2) is 7.26. The minimum Gasteiger partial charge on any atom is -0.497 e. The zero-order valence-corrected chi connectivity index (χ0v) is 13.8. The van der Waals surface area contributed by atoms with Gasteiger partial charge >= 0.3 is 5.97 Å². The number of anilines is 1. The lowest BCUT2D eigenvalue weighted by atomic mass is 10.1. The molecule has 0 fully saturated rings. The molecule has 0 saturated heterocycles. The van der Waals surface area contributed by atoms with E-state index < -0.39 is 5.97 Å². The van der Waals surface area contributed by atoms with Crippen LogP contribution in [0.4, 0.5) is 5.13 Å². The summed E-state index contributed by atoms with van der Waals surface area (Å²) in [5.74, 6) is -0.0766. The molecule has 6 heteroatoms. The van der Waals surface area contributed by atoms with Gasteiger partial charge in [0.05, 0.1) is 19.2 Å². The summed E-state index contributed by atoms with van der Waals surface area (Å²) in [4.78, 5) is 18.7. The number of carbonyl (C=O) groups is 1. The fraction of sp³-hybridized carbons (Fsp3) is 0.375. The molecule has 0 amide bonds. The Morgan fingerprint density at radius 3 is 2.41 bits per heavy atom. The van der Waals surface area contributed by atoms with Crippen molar-refractivity contribution in [1.29, 1.82) is 0 Å². The maximum atomic E-state index is 11.1. The van der Waals surface area contributed by atoms with E-state index in [1.165, 1.54) is 11.3 Å². The highest BCUT2D eigenvalue weighted by Gasteiger charge is 2.18. The molecule has 118 valence electrons. The van der Waals surface area contributed by atoms with E-state index in [1.807, 2.05) is 24.3 Å². The van der Waals surface area contributed by atoms with Crippen molar-refractivity contribution in [2.24, 2.45) is 0 Å². The van der Waals surface area contributed by atoms with Gasteiger partial charge in [0.25, 0.3) is 0 Å². The summed E-state index contributed by atoms with van der Waals surface area (Å²) < 4.78 is 5.16. The number of thiazole rings is 1. The predicted molar refractivity (Wildman–Crippen MR) is 89.0 cm³/mol. The molecule has 0 saturated carbocycles. The number of carboxylic acids is 1. The number of carboxylic acid groups (broad SMARTS) is 1. The molecule has 0 atom stereocenters. The topological polar surface area (TPSA) is 62.7 Å². The Hall–Kier alpha value is -2.08. The molecule has 0 aliphatic carbocycles. The third-order valence-electron chi connectivity index (χ3n) is 3.40. The SMILES string of the molecule is CCN(CC)c1nc(-c2ccc(OC)cc2)c(CC(=O)O)s1. The number of aliphatic carboxylic acids is 1. The van der Waals surface area contributed by atoms with E-state index in [0.29, 0.717) is 0 Å². The number of methoxy groups -OCH3 is 1. The van der Waals surface area contributed by atoms with Crippen LogP contribution < -0.4 is 9.64 Å². The summed E-state index contributed by atoms with van der Waals surface area (Å²) in [7, 11) is 1.62. The molecule has 22 heavy (non-hydrogen) atoms. The fourth-order valence-electron chi connectivity index (χ4n) is 2.20. The van der Waals surface area contributed by atoms with Gasteiger partial charge in [-0.3, -0.25) is 4.79 Å². The lowest BCUT2D eigenvalue weighted by molar-refractivity contribution is -0.136. The number of aromatic nitrogens is 1. The molecule has 0 bridgehead atoms. The van der Waals surface area contributed by atoms with Gasteiger partial charge in [-0.15, -0.1) is 11.3 Å². The van der Waals surface area contributed by atoms with Gasteiger partial charge < -0.3 is 14.7 Å². The zero-order chi connectivity index (χ0) is 16.1. The number of rotatable bonds is 7. The summed E-state index contributed by atoms with van der Waals surface area (Å²) in [6.07, 6.45) is -0.0136. The van der Waals surface area contributed by atoms with Crippen LogP contribution in [0, 0.1) is 0 Å². The molecule has 1 N–H and O–H groups in total. The van der Waals surface area contributed by atoms with Gasteiger partial charge in [-0.25, -0.2) is 4.98 Å². The average Bonchev–Trinajstić information content (AvgIpc) is 2.91. The van der Waals surface area contributed by atoms with Crippen LogP contribution in [0.25, 0.3) is 11.3 Å². The molecule has 1 aromatic heterocycles. The third kappa shape index (κ3) is 3.57. The minimum atomic E-state index is -0.843. The first kappa shape index (κ1) is 16.3. The van der Waals surface area contributed by atoms with Crippen molar-refractivity contribution in [3.05, 3.63) is 29.1 Å². The number of nitrogens with zero attached hydrogens (tertiary/aromatic N) is 2. The maximum absolute atomic E-state index is 11.1. The number of hydrogen-bond donors (Lipinski definition) is 1. The van der Waals surface area contributed by atoms with Crippen LogP contribution in [-0.2, 0) is 11.2 Å². The molecule has 0 unspecified atom stereocenters. The van der Waals surface area contributed by atoms with E-state index in [0.717, 1.165) is 40.1 Å². The Balaban J connectivity index is 2.44. The molecule has 2 rings (SSSR count). The largest absolute Gasteiger partial charge is 0.497 e. The second-order valence-electron chi connectivity index (χ2n) is 4.74. The molecule has 2 aromatic rings. The first-order chi connectivity index (χ1) is 10.6. The molecule has 0 radical (unpaired) electrons. The van der Waals surface area contributed by atoms with Gasteiger partial charge in [-0.2, -0.15) is 0 Å². The van der Waals surface area contributed by atoms with E-state index in [-0.39, 0.29) is 6.42 Å². The Kier molecular flexibility index (Phi) is 5.38. The van der Waals surface area contributed by atoms with Crippen molar-refractivity contribution in [2.45, 2.75) is 20.3 Å². The molecule has 1 heterocycles. The van der Waals surface area contributed by atoms with E-state index in [9.17, 15) is 4.79 Å². The molecule has 5 nitrogen and oxygen atoms in total. The van der Waals surface area contributed by atoms with Crippen molar-refractivity contribution >= 4 is 22.4 Å². The minimum absolute atomic E-state index is 0.0136. The van der Waals surface area contributed by atoms with E-state index in [2.05, 4.69) is 23.7 Å². The van der Waals surface area contributed by atoms with Crippen molar-refractivity contribution in [3.8, 4) is 17.0 Å². The average molecular weight is 320 g/mol. The summed E-state index contributed by atoms with van der Waals surface area (Å²) in [5.41, 5.74) is 1.66. The number of ether oxygens (including phenoxy) is 1.